The van der Waals surface area contributed by atoms with Crippen LogP contribution in [0.5, 0.6) is 0 Å². The van der Waals surface area contributed by atoms with Crippen LogP contribution >= 0.6 is 11.8 Å². The van der Waals surface area contributed by atoms with Crippen LogP contribution in [0.1, 0.15) is 23.6 Å². The van der Waals surface area contributed by atoms with Gasteiger partial charge in [-0.05, 0) is 36.8 Å². The van der Waals surface area contributed by atoms with E-state index in [9.17, 15) is 9.18 Å². The second-order valence-electron chi connectivity index (χ2n) is 7.59. The minimum Gasteiger partial charge on any atom is -0.309 e. The van der Waals surface area contributed by atoms with Crippen molar-refractivity contribution >= 4 is 22.7 Å². The number of nitrogens with zero attached hydrogens (tertiary/aromatic N) is 4. The predicted octanol–water partition coefficient (Wildman–Crippen LogP) is 5.22. The fourth-order valence-corrected chi connectivity index (χ4v) is 4.54. The third kappa shape index (κ3) is 4.29. The molecule has 0 unspecified atom stereocenters. The van der Waals surface area contributed by atoms with E-state index in [-0.39, 0.29) is 16.6 Å². The van der Waals surface area contributed by atoms with Gasteiger partial charge in [0.2, 0.25) is 0 Å². The number of H-pyrrole nitrogens is 1. The van der Waals surface area contributed by atoms with Gasteiger partial charge in [0, 0.05) is 0 Å². The summed E-state index contributed by atoms with van der Waals surface area (Å²) in [6.07, 6.45) is 0. The molecule has 0 fully saturated rings. The van der Waals surface area contributed by atoms with Gasteiger partial charge in [-0.15, -0.1) is 10.2 Å². The molecule has 0 amide bonds. The summed E-state index contributed by atoms with van der Waals surface area (Å²) >= 11 is 1.42. The average Bonchev–Trinajstić information content (AvgIpc) is 3.21. The first kappa shape index (κ1) is 21.1. The summed E-state index contributed by atoms with van der Waals surface area (Å²) in [5.41, 5.74) is 1.89. The number of hydrogen-bond donors (Lipinski definition) is 1. The smallest absolute Gasteiger partial charge is 0.258 e. The normalized spacial score (nSPS) is 12.2. The average molecular weight is 458 g/mol. The molecular weight excluding hydrogens is 437 g/mol. The number of aromatic amines is 1. The number of aromatic nitrogens is 5. The molecule has 8 heteroatoms. The third-order valence-corrected chi connectivity index (χ3v) is 6.40. The van der Waals surface area contributed by atoms with E-state index in [0.29, 0.717) is 39.8 Å². The van der Waals surface area contributed by atoms with Gasteiger partial charge in [0.1, 0.15) is 11.6 Å². The molecule has 2 aromatic heterocycles. The highest BCUT2D eigenvalue weighted by Gasteiger charge is 2.21. The van der Waals surface area contributed by atoms with Crippen molar-refractivity contribution in [3.8, 4) is 11.4 Å². The zero-order valence-corrected chi connectivity index (χ0v) is 18.6. The van der Waals surface area contributed by atoms with E-state index in [1.165, 1.54) is 17.8 Å². The summed E-state index contributed by atoms with van der Waals surface area (Å²) in [6, 6.07) is 23.7. The largest absolute Gasteiger partial charge is 0.309 e. The Hall–Kier alpha value is -3.78. The van der Waals surface area contributed by atoms with Crippen molar-refractivity contribution in [2.45, 2.75) is 23.9 Å². The molecule has 0 bridgehead atoms. The molecule has 0 spiro atoms. The Balaban J connectivity index is 1.54. The van der Waals surface area contributed by atoms with Gasteiger partial charge in [-0.1, -0.05) is 66.4 Å². The molecule has 1 N–H and O–H groups in total. The van der Waals surface area contributed by atoms with Gasteiger partial charge in [-0.2, -0.15) is 0 Å². The van der Waals surface area contributed by atoms with Gasteiger partial charge >= 0.3 is 0 Å². The van der Waals surface area contributed by atoms with Crippen LogP contribution in [0.4, 0.5) is 4.39 Å². The highest BCUT2D eigenvalue weighted by atomic mass is 32.2. The van der Waals surface area contributed by atoms with Crippen LogP contribution in [0.15, 0.2) is 88.8 Å². The minimum absolute atomic E-state index is 0.180. The minimum atomic E-state index is -0.357. The maximum Gasteiger partial charge on any atom is 0.258 e. The van der Waals surface area contributed by atoms with Crippen molar-refractivity contribution in [2.24, 2.45) is 0 Å². The van der Waals surface area contributed by atoms with Crippen LogP contribution in [-0.4, -0.2) is 24.7 Å². The fraction of sp³-hybridized carbons (Fsp3) is 0.120. The highest BCUT2D eigenvalue weighted by Crippen LogP contribution is 2.35. The van der Waals surface area contributed by atoms with E-state index in [1.54, 1.807) is 24.3 Å². The number of fused-ring (bicyclic) bond motifs is 1. The monoisotopic (exact) mass is 457 g/mol. The molecule has 2 heterocycles. The maximum absolute atomic E-state index is 14.6. The Bertz CT molecular complexity index is 1480. The summed E-state index contributed by atoms with van der Waals surface area (Å²) in [6.45, 7) is 2.43. The summed E-state index contributed by atoms with van der Waals surface area (Å²) in [5.74, 6) is 0.640. The van der Waals surface area contributed by atoms with E-state index in [0.717, 1.165) is 5.56 Å². The lowest BCUT2D eigenvalue weighted by Gasteiger charge is -2.14. The molecule has 0 radical (unpaired) electrons. The number of nitrogens with one attached hydrogen (secondary N) is 1. The van der Waals surface area contributed by atoms with E-state index >= 15 is 0 Å². The van der Waals surface area contributed by atoms with Crippen LogP contribution in [0, 0.1) is 5.82 Å². The van der Waals surface area contributed by atoms with Crippen molar-refractivity contribution in [1.82, 2.24) is 24.7 Å². The predicted molar refractivity (Wildman–Crippen MR) is 128 cm³/mol. The molecule has 0 saturated carbocycles. The molecule has 164 valence electrons. The maximum atomic E-state index is 14.6. The summed E-state index contributed by atoms with van der Waals surface area (Å²) in [7, 11) is 0. The van der Waals surface area contributed by atoms with Crippen molar-refractivity contribution in [3.05, 3.63) is 106 Å². The fourth-order valence-electron chi connectivity index (χ4n) is 3.64. The van der Waals surface area contributed by atoms with E-state index in [2.05, 4.69) is 20.2 Å². The quantitative estimate of drug-likeness (QED) is 0.354. The second-order valence-corrected chi connectivity index (χ2v) is 8.89. The molecule has 0 saturated heterocycles. The lowest BCUT2D eigenvalue weighted by Crippen LogP contribution is -2.13. The lowest BCUT2D eigenvalue weighted by molar-refractivity contribution is 0.626. The van der Waals surface area contributed by atoms with Gasteiger partial charge in [0.15, 0.2) is 11.0 Å². The molecule has 5 aromatic rings. The van der Waals surface area contributed by atoms with Crippen LogP contribution in [0.2, 0.25) is 0 Å². The molecule has 33 heavy (non-hydrogen) atoms. The lowest BCUT2D eigenvalue weighted by atomic mass is 10.2. The zero-order valence-electron chi connectivity index (χ0n) is 17.8. The molecule has 5 rings (SSSR count). The van der Waals surface area contributed by atoms with Gasteiger partial charge < -0.3 is 4.98 Å². The van der Waals surface area contributed by atoms with Crippen molar-refractivity contribution in [2.75, 3.05) is 0 Å². The third-order valence-electron chi connectivity index (χ3n) is 5.31. The first-order valence-corrected chi connectivity index (χ1v) is 11.4. The van der Waals surface area contributed by atoms with Gasteiger partial charge in [0.05, 0.1) is 28.3 Å². The highest BCUT2D eigenvalue weighted by molar-refractivity contribution is 7.99. The molecule has 0 aliphatic carbocycles. The van der Waals surface area contributed by atoms with E-state index < -0.39 is 0 Å². The van der Waals surface area contributed by atoms with E-state index in [1.807, 2.05) is 60.0 Å². The van der Waals surface area contributed by atoms with Crippen LogP contribution in [-0.2, 0) is 6.54 Å². The van der Waals surface area contributed by atoms with Crippen LogP contribution in [0.25, 0.3) is 22.3 Å². The standard InChI is InChI=1S/C25H20FN5OS/c1-16(22-27-21-14-8-6-12-19(21)24(32)28-22)33-25-30-29-23(18-11-5-7-13-20(18)26)31(25)15-17-9-3-2-4-10-17/h2-14,16H,15H2,1H3,(H,27,28,32)/t16-/m1/s1. The van der Waals surface area contributed by atoms with Crippen molar-refractivity contribution in [3.63, 3.8) is 0 Å². The van der Waals surface area contributed by atoms with Crippen LogP contribution < -0.4 is 5.56 Å². The molecule has 0 aliphatic heterocycles. The van der Waals surface area contributed by atoms with Crippen LogP contribution in [0.3, 0.4) is 0 Å². The molecule has 3 aromatic carbocycles. The zero-order chi connectivity index (χ0) is 22.8. The number of rotatable bonds is 6. The Morgan fingerprint density at radius 1 is 0.970 bits per heavy atom. The van der Waals surface area contributed by atoms with Gasteiger partial charge in [-0.3, -0.25) is 9.36 Å². The second kappa shape index (κ2) is 8.99. The Labute approximate surface area is 193 Å². The Kier molecular flexibility index (Phi) is 5.75. The van der Waals surface area contributed by atoms with Gasteiger partial charge in [0.25, 0.3) is 5.56 Å². The molecular formula is C25H20FN5OS. The molecule has 6 nitrogen and oxygen atoms in total. The molecule has 1 atom stereocenters. The Morgan fingerprint density at radius 3 is 2.52 bits per heavy atom. The van der Waals surface area contributed by atoms with E-state index in [4.69, 9.17) is 0 Å². The first-order chi connectivity index (χ1) is 16.1. The van der Waals surface area contributed by atoms with Crippen molar-refractivity contribution in [1.29, 1.82) is 0 Å². The molecule has 0 aliphatic rings. The number of hydrogen-bond acceptors (Lipinski definition) is 5. The first-order valence-electron chi connectivity index (χ1n) is 10.5. The number of halogens is 1. The number of thioether (sulfide) groups is 1. The number of benzene rings is 3. The summed E-state index contributed by atoms with van der Waals surface area (Å²) < 4.78 is 16.5. The van der Waals surface area contributed by atoms with Crippen molar-refractivity contribution < 1.29 is 4.39 Å². The summed E-state index contributed by atoms with van der Waals surface area (Å²) in [5, 5.41) is 9.63. The van der Waals surface area contributed by atoms with Gasteiger partial charge in [-0.25, -0.2) is 9.37 Å². The number of para-hydroxylation sites is 1. The summed E-state index contributed by atoms with van der Waals surface area (Å²) in [4.78, 5) is 20.0. The Morgan fingerprint density at radius 2 is 1.70 bits per heavy atom. The topological polar surface area (TPSA) is 76.5 Å². The SMILES string of the molecule is C[C@@H](Sc1nnc(-c2ccccc2F)n1Cc1ccccc1)c1nc2ccccc2c(=O)[nH]1.